The summed E-state index contributed by atoms with van der Waals surface area (Å²) in [5.41, 5.74) is -1.16. The summed E-state index contributed by atoms with van der Waals surface area (Å²) in [5, 5.41) is 11.2. The third kappa shape index (κ3) is 3.62. The van der Waals surface area contributed by atoms with Gasteiger partial charge in [-0.3, -0.25) is 0 Å². The maximum atomic E-state index is 13.5. The zero-order chi connectivity index (χ0) is 18.2. The molecule has 25 heavy (non-hydrogen) atoms. The third-order valence-corrected chi connectivity index (χ3v) is 4.80. The lowest BCUT2D eigenvalue weighted by atomic mass is 10.1. The van der Waals surface area contributed by atoms with Crippen molar-refractivity contribution in [2.75, 3.05) is 18.0 Å². The Labute approximate surface area is 147 Å². The maximum absolute atomic E-state index is 13.5. The second-order valence-electron chi connectivity index (χ2n) is 6.00. The van der Waals surface area contributed by atoms with Crippen LogP contribution in [0.25, 0.3) is 10.6 Å². The highest BCUT2D eigenvalue weighted by Gasteiger charge is 2.38. The number of pyridine rings is 1. The minimum absolute atomic E-state index is 0.0720. The number of alkyl halides is 3. The Morgan fingerprint density at radius 2 is 2.00 bits per heavy atom. The molecule has 1 aliphatic rings. The molecule has 0 aromatic carbocycles. The predicted octanol–water partition coefficient (Wildman–Crippen LogP) is 4.31. The SMILES string of the molecule is C[C@H]1CN(c2nc(-c3cccs3)cc(C(F)(F)F)c2C#N)C[C@H](C)O1. The Morgan fingerprint density at radius 3 is 2.52 bits per heavy atom. The summed E-state index contributed by atoms with van der Waals surface area (Å²) in [6.45, 7) is 4.47. The van der Waals surface area contributed by atoms with E-state index in [1.165, 1.54) is 11.3 Å². The first-order chi connectivity index (χ1) is 11.8. The minimum Gasteiger partial charge on any atom is -0.372 e. The normalized spacial score (nSPS) is 21.2. The fourth-order valence-electron chi connectivity index (χ4n) is 3.00. The molecule has 2 atom stereocenters. The number of morpholine rings is 1. The molecule has 0 N–H and O–H groups in total. The molecule has 0 bridgehead atoms. The summed E-state index contributed by atoms with van der Waals surface area (Å²) in [6.07, 6.45) is -4.94. The Kier molecular flexibility index (Phi) is 4.71. The number of rotatable bonds is 2. The van der Waals surface area contributed by atoms with Gasteiger partial charge in [-0.05, 0) is 31.4 Å². The van der Waals surface area contributed by atoms with Crippen molar-refractivity contribution < 1.29 is 17.9 Å². The lowest BCUT2D eigenvalue weighted by molar-refractivity contribution is -0.137. The maximum Gasteiger partial charge on any atom is 0.417 e. The molecular weight excluding hydrogens is 351 g/mol. The van der Waals surface area contributed by atoms with Crippen LogP contribution in [0.2, 0.25) is 0 Å². The van der Waals surface area contributed by atoms with Crippen LogP contribution in [-0.4, -0.2) is 30.3 Å². The number of ether oxygens (including phenoxy) is 1. The number of halogens is 3. The second-order valence-corrected chi connectivity index (χ2v) is 6.95. The van der Waals surface area contributed by atoms with Crippen LogP contribution in [0.5, 0.6) is 0 Å². The molecule has 1 saturated heterocycles. The zero-order valence-electron chi connectivity index (χ0n) is 13.7. The summed E-state index contributed by atoms with van der Waals surface area (Å²) in [5.74, 6) is 0.0720. The van der Waals surface area contributed by atoms with Gasteiger partial charge in [-0.1, -0.05) is 6.07 Å². The number of hydrogen-bond acceptors (Lipinski definition) is 5. The monoisotopic (exact) mass is 367 g/mol. The fraction of sp³-hybridized carbons (Fsp3) is 0.412. The standard InChI is InChI=1S/C17H16F3N3OS/c1-10-8-23(9-11(2)24-10)16-12(7-21)13(17(18,19)20)6-14(22-16)15-4-3-5-25-15/h3-6,10-11H,8-9H2,1-2H3/t10-,11-/m0/s1. The predicted molar refractivity (Wildman–Crippen MR) is 89.5 cm³/mol. The van der Waals surface area contributed by atoms with Gasteiger partial charge < -0.3 is 9.64 Å². The molecule has 0 radical (unpaired) electrons. The molecule has 4 nitrogen and oxygen atoms in total. The van der Waals surface area contributed by atoms with Crippen LogP contribution in [0.4, 0.5) is 19.0 Å². The molecule has 0 spiro atoms. The second kappa shape index (κ2) is 6.65. The molecule has 3 heterocycles. The largest absolute Gasteiger partial charge is 0.417 e. The first kappa shape index (κ1) is 17.7. The fourth-order valence-corrected chi connectivity index (χ4v) is 3.68. The van der Waals surface area contributed by atoms with E-state index in [0.29, 0.717) is 18.0 Å². The van der Waals surface area contributed by atoms with Crippen molar-refractivity contribution in [1.29, 1.82) is 5.26 Å². The molecular formula is C17H16F3N3OS. The molecule has 2 aromatic rings. The molecule has 2 aromatic heterocycles. The highest BCUT2D eigenvalue weighted by Crippen LogP contribution is 2.39. The van der Waals surface area contributed by atoms with Crippen molar-refractivity contribution in [1.82, 2.24) is 4.98 Å². The van der Waals surface area contributed by atoms with Gasteiger partial charge in [0.1, 0.15) is 17.5 Å². The summed E-state index contributed by atoms with van der Waals surface area (Å²) >= 11 is 1.31. The van der Waals surface area contributed by atoms with E-state index in [1.807, 2.05) is 13.8 Å². The molecule has 1 aliphatic heterocycles. The average molecular weight is 367 g/mol. The van der Waals surface area contributed by atoms with Crippen LogP contribution in [0.3, 0.4) is 0 Å². The summed E-state index contributed by atoms with van der Waals surface area (Å²) < 4.78 is 46.3. The van der Waals surface area contributed by atoms with E-state index in [0.717, 1.165) is 6.07 Å². The van der Waals surface area contributed by atoms with E-state index in [1.54, 1.807) is 28.5 Å². The quantitative estimate of drug-likeness (QED) is 0.793. The summed E-state index contributed by atoms with van der Waals surface area (Å²) in [6, 6.07) is 6.14. The van der Waals surface area contributed by atoms with E-state index < -0.39 is 17.3 Å². The molecule has 132 valence electrons. The van der Waals surface area contributed by atoms with E-state index in [2.05, 4.69) is 4.98 Å². The lowest BCUT2D eigenvalue weighted by Crippen LogP contribution is -2.46. The van der Waals surface area contributed by atoms with Gasteiger partial charge in [-0.15, -0.1) is 11.3 Å². The van der Waals surface area contributed by atoms with Crippen LogP contribution in [-0.2, 0) is 10.9 Å². The number of anilines is 1. The van der Waals surface area contributed by atoms with Gasteiger partial charge in [0.05, 0.1) is 28.3 Å². The van der Waals surface area contributed by atoms with Gasteiger partial charge >= 0.3 is 6.18 Å². The molecule has 0 amide bonds. The van der Waals surface area contributed by atoms with Crippen LogP contribution in [0, 0.1) is 11.3 Å². The first-order valence-electron chi connectivity index (χ1n) is 7.76. The summed E-state index contributed by atoms with van der Waals surface area (Å²) in [7, 11) is 0. The van der Waals surface area contributed by atoms with E-state index in [-0.39, 0.29) is 23.7 Å². The Morgan fingerprint density at radius 1 is 1.32 bits per heavy atom. The van der Waals surface area contributed by atoms with Crippen molar-refractivity contribution in [3.8, 4) is 16.6 Å². The number of hydrogen-bond donors (Lipinski definition) is 0. The van der Waals surface area contributed by atoms with Crippen molar-refractivity contribution >= 4 is 17.2 Å². The van der Waals surface area contributed by atoms with Crippen LogP contribution >= 0.6 is 11.3 Å². The van der Waals surface area contributed by atoms with Crippen LogP contribution in [0.15, 0.2) is 23.6 Å². The highest BCUT2D eigenvalue weighted by atomic mass is 32.1. The summed E-state index contributed by atoms with van der Waals surface area (Å²) in [4.78, 5) is 6.75. The molecule has 1 fully saturated rings. The average Bonchev–Trinajstić information content (AvgIpc) is 3.06. The van der Waals surface area contributed by atoms with Gasteiger partial charge in [-0.25, -0.2) is 4.98 Å². The first-order valence-corrected chi connectivity index (χ1v) is 8.64. The molecule has 0 aliphatic carbocycles. The van der Waals surface area contributed by atoms with Crippen LogP contribution in [0.1, 0.15) is 25.0 Å². The Bertz CT molecular complexity index is 789. The number of nitrogens with zero attached hydrogens (tertiary/aromatic N) is 3. The Balaban J connectivity index is 2.18. The Hall–Kier alpha value is -2.11. The number of nitriles is 1. The van der Waals surface area contributed by atoms with E-state index in [9.17, 15) is 18.4 Å². The molecule has 0 saturated carbocycles. The van der Waals surface area contributed by atoms with E-state index >= 15 is 0 Å². The van der Waals surface area contributed by atoms with Crippen LogP contribution < -0.4 is 4.90 Å². The molecule has 8 heteroatoms. The highest BCUT2D eigenvalue weighted by molar-refractivity contribution is 7.13. The van der Waals surface area contributed by atoms with Crippen molar-refractivity contribution in [2.45, 2.75) is 32.2 Å². The van der Waals surface area contributed by atoms with Gasteiger partial charge in [0, 0.05) is 13.1 Å². The van der Waals surface area contributed by atoms with Crippen molar-refractivity contribution in [2.24, 2.45) is 0 Å². The van der Waals surface area contributed by atoms with Crippen molar-refractivity contribution in [3.63, 3.8) is 0 Å². The third-order valence-electron chi connectivity index (χ3n) is 3.91. The van der Waals surface area contributed by atoms with E-state index in [4.69, 9.17) is 4.74 Å². The van der Waals surface area contributed by atoms with Gasteiger partial charge in [0.2, 0.25) is 0 Å². The van der Waals surface area contributed by atoms with Gasteiger partial charge in [0.15, 0.2) is 0 Å². The number of aromatic nitrogens is 1. The smallest absolute Gasteiger partial charge is 0.372 e. The topological polar surface area (TPSA) is 49.2 Å². The van der Waals surface area contributed by atoms with Crippen molar-refractivity contribution in [3.05, 3.63) is 34.7 Å². The van der Waals surface area contributed by atoms with Gasteiger partial charge in [0.25, 0.3) is 0 Å². The van der Waals surface area contributed by atoms with Gasteiger partial charge in [-0.2, -0.15) is 18.4 Å². The zero-order valence-corrected chi connectivity index (χ0v) is 14.5. The lowest BCUT2D eigenvalue weighted by Gasteiger charge is -2.36. The molecule has 0 unspecified atom stereocenters. The number of thiophene rings is 1. The molecule has 3 rings (SSSR count). The minimum atomic E-state index is -4.63.